The molecule has 0 spiro atoms. The molecule has 15 heavy (non-hydrogen) atoms. The highest BCUT2D eigenvalue weighted by atomic mass is 16.6. The number of primary amides is 1. The van der Waals surface area contributed by atoms with E-state index >= 15 is 0 Å². The van der Waals surface area contributed by atoms with E-state index in [2.05, 4.69) is 6.58 Å². The quantitative estimate of drug-likeness (QED) is 0.678. The zero-order chi connectivity index (χ0) is 11.2. The summed E-state index contributed by atoms with van der Waals surface area (Å²) in [6, 6.07) is -0.352. The Bertz CT molecular complexity index is 340. The Morgan fingerprint density at radius 3 is 2.67 bits per heavy atom. The molecule has 0 aromatic carbocycles. The number of hydrogen-bond donors (Lipinski definition) is 1. The highest BCUT2D eigenvalue weighted by molar-refractivity contribution is 5.86. The molecule has 3 atom stereocenters. The number of carbonyl (C=O) groups is 2. The van der Waals surface area contributed by atoms with Crippen LogP contribution in [0.5, 0.6) is 0 Å². The number of hydrogen-bond acceptors (Lipinski definition) is 3. The highest BCUT2D eigenvalue weighted by Crippen LogP contribution is 2.48. The van der Waals surface area contributed by atoms with Crippen molar-refractivity contribution in [1.82, 2.24) is 4.90 Å². The molecule has 0 aromatic heterocycles. The Balaban J connectivity index is 2.08. The van der Waals surface area contributed by atoms with E-state index in [9.17, 15) is 9.59 Å². The van der Waals surface area contributed by atoms with Crippen molar-refractivity contribution in [3.63, 3.8) is 0 Å². The first kappa shape index (κ1) is 10.0. The molecule has 1 aliphatic heterocycles. The number of amides is 2. The van der Waals surface area contributed by atoms with Crippen LogP contribution in [0.25, 0.3) is 0 Å². The first-order chi connectivity index (χ1) is 7.00. The van der Waals surface area contributed by atoms with Crippen LogP contribution in [0.4, 0.5) is 4.79 Å². The van der Waals surface area contributed by atoms with Crippen LogP contribution in [-0.4, -0.2) is 29.0 Å². The molecule has 1 saturated heterocycles. The predicted octanol–water partition coefficient (Wildman–Crippen LogP) is 0.605. The van der Waals surface area contributed by atoms with E-state index in [-0.39, 0.29) is 6.04 Å². The average Bonchev–Trinajstić information content (AvgIpc) is 2.75. The molecule has 1 saturated carbocycles. The molecule has 0 radical (unpaired) electrons. The van der Waals surface area contributed by atoms with Gasteiger partial charge in [0.25, 0.3) is 0 Å². The fourth-order valence-corrected chi connectivity index (χ4v) is 2.17. The molecule has 5 heteroatoms. The fourth-order valence-electron chi connectivity index (χ4n) is 2.17. The Hall–Kier alpha value is -1.52. The van der Waals surface area contributed by atoms with Gasteiger partial charge in [-0.1, -0.05) is 6.58 Å². The van der Waals surface area contributed by atoms with E-state index in [1.807, 2.05) is 0 Å². The normalized spacial score (nSPS) is 32.1. The van der Waals surface area contributed by atoms with Crippen molar-refractivity contribution in [2.45, 2.75) is 31.8 Å². The Labute approximate surface area is 87.9 Å². The molecule has 1 heterocycles. The fraction of sp³-hybridized carbons (Fsp3) is 0.600. The maximum Gasteiger partial charge on any atom is 0.415 e. The standard InChI is InChI=1S/C10H14N2O3/c1-5(2)15-10(14)12-7-3-6(7)4-8(12)9(11)13/h6-8H,1,3-4H2,2H3,(H2,11,13)/t6-,7-,8-/m0/s1. The molecule has 1 aliphatic carbocycles. The third-order valence-electron chi connectivity index (χ3n) is 2.91. The van der Waals surface area contributed by atoms with Gasteiger partial charge in [-0.25, -0.2) is 4.79 Å². The summed E-state index contributed by atoms with van der Waals surface area (Å²) in [5, 5.41) is 0. The molecule has 0 bridgehead atoms. The van der Waals surface area contributed by atoms with Crippen molar-refractivity contribution >= 4 is 12.0 Å². The van der Waals surface area contributed by atoms with Crippen LogP contribution in [0.15, 0.2) is 12.3 Å². The Morgan fingerprint density at radius 1 is 1.47 bits per heavy atom. The van der Waals surface area contributed by atoms with Gasteiger partial charge >= 0.3 is 6.09 Å². The Morgan fingerprint density at radius 2 is 2.13 bits per heavy atom. The molecule has 2 rings (SSSR count). The van der Waals surface area contributed by atoms with E-state index in [0.717, 1.165) is 6.42 Å². The second-order valence-electron chi connectivity index (χ2n) is 4.19. The topological polar surface area (TPSA) is 72.6 Å². The van der Waals surface area contributed by atoms with Crippen molar-refractivity contribution in [3.05, 3.63) is 12.3 Å². The summed E-state index contributed by atoms with van der Waals surface area (Å²) in [7, 11) is 0. The average molecular weight is 210 g/mol. The van der Waals surface area contributed by atoms with Gasteiger partial charge in [0.2, 0.25) is 5.91 Å². The van der Waals surface area contributed by atoms with Crippen molar-refractivity contribution in [1.29, 1.82) is 0 Å². The van der Waals surface area contributed by atoms with Gasteiger partial charge in [0.15, 0.2) is 0 Å². The maximum atomic E-state index is 11.6. The second kappa shape index (κ2) is 3.25. The molecule has 0 unspecified atom stereocenters. The van der Waals surface area contributed by atoms with Gasteiger partial charge in [-0.05, 0) is 25.7 Å². The number of allylic oxidation sites excluding steroid dienone is 1. The highest BCUT2D eigenvalue weighted by Gasteiger charge is 2.56. The van der Waals surface area contributed by atoms with E-state index in [1.54, 1.807) is 6.92 Å². The monoisotopic (exact) mass is 210 g/mol. The molecule has 0 aromatic rings. The third-order valence-corrected chi connectivity index (χ3v) is 2.91. The van der Waals surface area contributed by atoms with Gasteiger partial charge in [0, 0.05) is 6.04 Å². The molecular weight excluding hydrogens is 196 g/mol. The molecule has 2 N–H and O–H groups in total. The number of ether oxygens (including phenoxy) is 1. The zero-order valence-electron chi connectivity index (χ0n) is 8.60. The molecule has 2 aliphatic rings. The summed E-state index contributed by atoms with van der Waals surface area (Å²) in [6.45, 7) is 5.08. The minimum absolute atomic E-state index is 0.148. The molecular formula is C10H14N2O3. The van der Waals surface area contributed by atoms with Crippen molar-refractivity contribution in [2.75, 3.05) is 0 Å². The number of nitrogens with two attached hydrogens (primary N) is 1. The lowest BCUT2D eigenvalue weighted by atomic mass is 10.1. The number of rotatable bonds is 2. The van der Waals surface area contributed by atoms with Gasteiger partial charge < -0.3 is 10.5 Å². The predicted molar refractivity (Wildman–Crippen MR) is 52.6 cm³/mol. The molecule has 5 nitrogen and oxygen atoms in total. The van der Waals surface area contributed by atoms with Gasteiger partial charge in [0.1, 0.15) is 6.04 Å². The minimum atomic E-state index is -0.503. The van der Waals surface area contributed by atoms with Gasteiger partial charge in [-0.2, -0.15) is 0 Å². The SMILES string of the molecule is C=C(C)OC(=O)N1[C@H](C(N)=O)C[C@@H]2C[C@@H]21. The zero-order valence-corrected chi connectivity index (χ0v) is 8.60. The lowest BCUT2D eigenvalue weighted by Crippen LogP contribution is -2.46. The van der Waals surface area contributed by atoms with Gasteiger partial charge in [-0.15, -0.1) is 0 Å². The largest absolute Gasteiger partial charge is 0.416 e. The van der Waals surface area contributed by atoms with Crippen LogP contribution in [0.1, 0.15) is 19.8 Å². The Kier molecular flexibility index (Phi) is 2.17. The summed E-state index contributed by atoms with van der Waals surface area (Å²) in [6.07, 6.45) is 1.12. The number of nitrogens with zero attached hydrogens (tertiary/aromatic N) is 1. The first-order valence-electron chi connectivity index (χ1n) is 4.95. The molecule has 2 amide bonds. The van der Waals surface area contributed by atoms with E-state index < -0.39 is 18.0 Å². The van der Waals surface area contributed by atoms with Gasteiger partial charge in [-0.3, -0.25) is 9.69 Å². The van der Waals surface area contributed by atoms with Crippen LogP contribution in [0, 0.1) is 5.92 Å². The minimum Gasteiger partial charge on any atom is -0.416 e. The van der Waals surface area contributed by atoms with Crippen molar-refractivity contribution in [2.24, 2.45) is 11.7 Å². The molecule has 2 fully saturated rings. The van der Waals surface area contributed by atoms with E-state index in [4.69, 9.17) is 10.5 Å². The van der Waals surface area contributed by atoms with E-state index in [1.165, 1.54) is 4.90 Å². The van der Waals surface area contributed by atoms with Gasteiger partial charge in [0.05, 0.1) is 5.76 Å². The van der Waals surface area contributed by atoms with Crippen molar-refractivity contribution < 1.29 is 14.3 Å². The summed E-state index contributed by atoms with van der Waals surface area (Å²) in [5.74, 6) is 0.299. The lowest BCUT2D eigenvalue weighted by molar-refractivity contribution is -0.122. The first-order valence-corrected chi connectivity index (χ1v) is 4.95. The van der Waals surface area contributed by atoms with Crippen LogP contribution >= 0.6 is 0 Å². The smallest absolute Gasteiger partial charge is 0.415 e. The number of likely N-dealkylation sites (tertiary alicyclic amines) is 1. The summed E-state index contributed by atoms with van der Waals surface area (Å²) < 4.78 is 4.90. The molecule has 82 valence electrons. The number of carbonyl (C=O) groups excluding carboxylic acids is 2. The summed E-state index contributed by atoms with van der Waals surface area (Å²) in [4.78, 5) is 24.2. The number of fused-ring (bicyclic) bond motifs is 1. The van der Waals surface area contributed by atoms with Crippen LogP contribution in [0.3, 0.4) is 0 Å². The van der Waals surface area contributed by atoms with Crippen LogP contribution < -0.4 is 5.73 Å². The van der Waals surface area contributed by atoms with E-state index in [0.29, 0.717) is 18.1 Å². The summed E-state index contributed by atoms with van der Waals surface area (Å²) >= 11 is 0. The lowest BCUT2D eigenvalue weighted by Gasteiger charge is -2.24. The van der Waals surface area contributed by atoms with Crippen LogP contribution in [-0.2, 0) is 9.53 Å². The van der Waals surface area contributed by atoms with Crippen LogP contribution in [0.2, 0.25) is 0 Å². The summed E-state index contributed by atoms with van der Waals surface area (Å²) in [5.41, 5.74) is 5.23. The maximum absolute atomic E-state index is 11.6. The number of piperidine rings is 1. The third kappa shape index (κ3) is 1.69. The second-order valence-corrected chi connectivity index (χ2v) is 4.19. The van der Waals surface area contributed by atoms with Crippen molar-refractivity contribution in [3.8, 4) is 0 Å².